The summed E-state index contributed by atoms with van der Waals surface area (Å²) in [4.78, 5) is 0.998. The van der Waals surface area contributed by atoms with Crippen molar-refractivity contribution >= 4 is 45.0 Å². The number of rotatable bonds is 4. The van der Waals surface area contributed by atoms with Crippen LogP contribution in [-0.4, -0.2) is 7.11 Å². The van der Waals surface area contributed by atoms with Crippen LogP contribution < -0.4 is 10.5 Å². The molecule has 2 aromatic rings. The predicted octanol–water partition coefficient (Wildman–Crippen LogP) is 4.99. The Morgan fingerprint density at radius 2 is 2.05 bits per heavy atom. The molecule has 100 valence electrons. The smallest absolute Gasteiger partial charge is 0.120 e. The quantitative estimate of drug-likeness (QED) is 0.618. The molecule has 0 aliphatic heterocycles. The minimum Gasteiger partial charge on any atom is -0.497 e. The van der Waals surface area contributed by atoms with Gasteiger partial charge in [0.1, 0.15) is 5.75 Å². The van der Waals surface area contributed by atoms with Crippen molar-refractivity contribution in [1.82, 2.24) is 0 Å². The molecule has 0 atom stereocenters. The molecule has 0 heterocycles. The Labute approximate surface area is 130 Å². The summed E-state index contributed by atoms with van der Waals surface area (Å²) in [6, 6.07) is 11.5. The number of nitrogen functional groups attached to an aromatic ring is 1. The first kappa shape index (κ1) is 14.6. The number of hydrogen-bond donors (Lipinski definition) is 1. The first-order chi connectivity index (χ1) is 9.10. The lowest BCUT2D eigenvalue weighted by molar-refractivity contribution is 0.414. The van der Waals surface area contributed by atoms with Crippen LogP contribution in [0.5, 0.6) is 5.75 Å². The summed E-state index contributed by atoms with van der Waals surface area (Å²) >= 11 is 11.2. The van der Waals surface area contributed by atoms with Gasteiger partial charge in [0.15, 0.2) is 0 Å². The largest absolute Gasteiger partial charge is 0.497 e. The Morgan fingerprint density at radius 3 is 2.74 bits per heavy atom. The third kappa shape index (κ3) is 3.81. The van der Waals surface area contributed by atoms with Crippen LogP contribution in [0.3, 0.4) is 0 Å². The highest BCUT2D eigenvalue weighted by atomic mass is 79.9. The molecule has 0 unspecified atom stereocenters. The number of thioether (sulfide) groups is 1. The molecular weight excluding hydrogens is 346 g/mol. The minimum atomic E-state index is 0.749. The zero-order valence-electron chi connectivity index (χ0n) is 10.3. The van der Waals surface area contributed by atoms with Crippen LogP contribution in [0.4, 0.5) is 5.69 Å². The Bertz CT molecular complexity index is 592. The van der Waals surface area contributed by atoms with Crippen LogP contribution >= 0.6 is 39.3 Å². The van der Waals surface area contributed by atoms with Crippen molar-refractivity contribution in [3.8, 4) is 5.75 Å². The third-order valence-electron chi connectivity index (χ3n) is 2.62. The van der Waals surface area contributed by atoms with Gasteiger partial charge in [-0.1, -0.05) is 33.6 Å². The van der Waals surface area contributed by atoms with Crippen molar-refractivity contribution in [3.05, 3.63) is 51.5 Å². The van der Waals surface area contributed by atoms with Crippen LogP contribution in [0.2, 0.25) is 5.02 Å². The molecule has 0 aliphatic rings. The first-order valence-electron chi connectivity index (χ1n) is 5.60. The molecule has 0 saturated carbocycles. The van der Waals surface area contributed by atoms with Gasteiger partial charge in [0.25, 0.3) is 0 Å². The molecular formula is C14H13BrClNOS. The summed E-state index contributed by atoms with van der Waals surface area (Å²) in [6.07, 6.45) is 0. The van der Waals surface area contributed by atoms with Crippen LogP contribution in [0.25, 0.3) is 0 Å². The summed E-state index contributed by atoms with van der Waals surface area (Å²) < 4.78 is 6.18. The van der Waals surface area contributed by atoms with Gasteiger partial charge in [-0.3, -0.25) is 0 Å². The second-order valence-electron chi connectivity index (χ2n) is 3.93. The number of benzene rings is 2. The molecule has 2 nitrogen and oxygen atoms in total. The van der Waals surface area contributed by atoms with Crippen molar-refractivity contribution in [1.29, 1.82) is 0 Å². The van der Waals surface area contributed by atoms with Crippen LogP contribution in [-0.2, 0) is 5.75 Å². The third-order valence-corrected chi connectivity index (χ3v) is 4.58. The fourth-order valence-electron chi connectivity index (χ4n) is 1.56. The van der Waals surface area contributed by atoms with Gasteiger partial charge in [0.2, 0.25) is 0 Å². The second-order valence-corrected chi connectivity index (χ2v) is 6.27. The van der Waals surface area contributed by atoms with E-state index in [0.29, 0.717) is 0 Å². The zero-order valence-corrected chi connectivity index (χ0v) is 13.5. The van der Waals surface area contributed by atoms with E-state index in [-0.39, 0.29) is 0 Å². The molecule has 5 heteroatoms. The van der Waals surface area contributed by atoms with Gasteiger partial charge in [-0.05, 0) is 35.9 Å². The molecule has 0 saturated heterocycles. The van der Waals surface area contributed by atoms with Crippen molar-refractivity contribution in [2.75, 3.05) is 12.8 Å². The standard InChI is InChI=1S/C14H13BrClNOS/c1-18-11-4-5-13(17)14(7-11)19-8-9-2-3-10(15)6-12(9)16/h2-7H,8,17H2,1H3. The maximum absolute atomic E-state index is 6.19. The van der Waals surface area contributed by atoms with Gasteiger partial charge < -0.3 is 10.5 Å². The number of methoxy groups -OCH3 is 1. The fourth-order valence-corrected chi connectivity index (χ4v) is 3.38. The average Bonchev–Trinajstić information content (AvgIpc) is 2.39. The Kier molecular flexibility index (Phi) is 5.02. The monoisotopic (exact) mass is 357 g/mol. The molecule has 0 spiro atoms. The number of hydrogen-bond acceptors (Lipinski definition) is 3. The summed E-state index contributed by atoms with van der Waals surface area (Å²) in [5.41, 5.74) is 7.78. The fraction of sp³-hybridized carbons (Fsp3) is 0.143. The Hall–Kier alpha value is -0.840. The van der Waals surface area contributed by atoms with E-state index in [1.165, 1.54) is 0 Å². The van der Waals surface area contributed by atoms with Crippen molar-refractivity contribution in [2.24, 2.45) is 0 Å². The molecule has 0 bridgehead atoms. The Morgan fingerprint density at radius 1 is 1.26 bits per heavy atom. The highest BCUT2D eigenvalue weighted by Gasteiger charge is 2.06. The number of halogens is 2. The highest BCUT2D eigenvalue weighted by Crippen LogP contribution is 2.33. The van der Waals surface area contributed by atoms with Gasteiger partial charge in [0, 0.05) is 25.8 Å². The lowest BCUT2D eigenvalue weighted by Crippen LogP contribution is -1.91. The Balaban J connectivity index is 2.14. The van der Waals surface area contributed by atoms with E-state index in [2.05, 4.69) is 15.9 Å². The van der Waals surface area contributed by atoms with Crippen LogP contribution in [0, 0.1) is 0 Å². The molecule has 19 heavy (non-hydrogen) atoms. The van der Waals surface area contributed by atoms with Gasteiger partial charge >= 0.3 is 0 Å². The summed E-state index contributed by atoms with van der Waals surface area (Å²) in [7, 11) is 1.64. The van der Waals surface area contributed by atoms with E-state index >= 15 is 0 Å². The summed E-state index contributed by atoms with van der Waals surface area (Å²) in [5.74, 6) is 1.57. The lowest BCUT2D eigenvalue weighted by atomic mass is 10.2. The maximum Gasteiger partial charge on any atom is 0.120 e. The minimum absolute atomic E-state index is 0.749. The molecule has 2 rings (SSSR count). The maximum atomic E-state index is 6.19. The van der Waals surface area contributed by atoms with Gasteiger partial charge in [-0.15, -0.1) is 11.8 Å². The van der Waals surface area contributed by atoms with E-state index in [0.717, 1.165) is 37.1 Å². The second kappa shape index (κ2) is 6.55. The predicted molar refractivity (Wildman–Crippen MR) is 86.1 cm³/mol. The first-order valence-corrected chi connectivity index (χ1v) is 7.76. The van der Waals surface area contributed by atoms with E-state index in [1.807, 2.05) is 36.4 Å². The SMILES string of the molecule is COc1ccc(N)c(SCc2ccc(Br)cc2Cl)c1. The summed E-state index contributed by atoms with van der Waals surface area (Å²) in [5, 5.41) is 0.753. The topological polar surface area (TPSA) is 35.2 Å². The van der Waals surface area contributed by atoms with Crippen molar-refractivity contribution in [2.45, 2.75) is 10.6 Å². The van der Waals surface area contributed by atoms with Gasteiger partial charge in [-0.2, -0.15) is 0 Å². The molecule has 0 radical (unpaired) electrons. The van der Waals surface area contributed by atoms with E-state index in [9.17, 15) is 0 Å². The van der Waals surface area contributed by atoms with Gasteiger partial charge in [-0.25, -0.2) is 0 Å². The van der Waals surface area contributed by atoms with Crippen molar-refractivity contribution in [3.63, 3.8) is 0 Å². The number of ether oxygens (including phenoxy) is 1. The molecule has 2 aromatic carbocycles. The van der Waals surface area contributed by atoms with Crippen LogP contribution in [0.1, 0.15) is 5.56 Å². The van der Waals surface area contributed by atoms with E-state index in [4.69, 9.17) is 22.1 Å². The number of nitrogens with two attached hydrogens (primary N) is 1. The molecule has 0 aliphatic carbocycles. The highest BCUT2D eigenvalue weighted by molar-refractivity contribution is 9.10. The van der Waals surface area contributed by atoms with E-state index in [1.54, 1.807) is 18.9 Å². The molecule has 0 amide bonds. The van der Waals surface area contributed by atoms with Gasteiger partial charge in [0.05, 0.1) is 7.11 Å². The number of anilines is 1. The van der Waals surface area contributed by atoms with E-state index < -0.39 is 0 Å². The molecule has 2 N–H and O–H groups in total. The van der Waals surface area contributed by atoms with Crippen molar-refractivity contribution < 1.29 is 4.74 Å². The lowest BCUT2D eigenvalue weighted by Gasteiger charge is -2.09. The molecule has 0 fully saturated rings. The zero-order chi connectivity index (χ0) is 13.8. The normalized spacial score (nSPS) is 10.5. The average molecular weight is 359 g/mol. The van der Waals surface area contributed by atoms with Crippen LogP contribution in [0.15, 0.2) is 45.8 Å². The molecule has 0 aromatic heterocycles. The summed E-state index contributed by atoms with van der Waals surface area (Å²) in [6.45, 7) is 0.